The number of carbonyl (C=O) groups is 1. The molecule has 0 aliphatic carbocycles. The molecule has 0 spiro atoms. The van der Waals surface area contributed by atoms with Crippen LogP contribution in [0.1, 0.15) is 34.6 Å². The molecule has 1 N–H and O–H groups in total. The van der Waals surface area contributed by atoms with Crippen LogP contribution >= 0.6 is 11.6 Å². The highest BCUT2D eigenvalue weighted by Crippen LogP contribution is 2.17. The van der Waals surface area contributed by atoms with Crippen LogP contribution in [-0.4, -0.2) is 15.5 Å². The van der Waals surface area contributed by atoms with Crippen LogP contribution in [0, 0.1) is 0 Å². The molecule has 2 heterocycles. The molecule has 4 rings (SSSR count). The van der Waals surface area contributed by atoms with Crippen molar-refractivity contribution >= 4 is 28.4 Å². The zero-order chi connectivity index (χ0) is 18.1. The first-order valence-electron chi connectivity index (χ1n) is 8.68. The minimum Gasteiger partial charge on any atom is -0.348 e. The van der Waals surface area contributed by atoms with Gasteiger partial charge in [-0.15, -0.1) is 0 Å². The fourth-order valence-corrected chi connectivity index (χ4v) is 3.50. The molecule has 132 valence electrons. The van der Waals surface area contributed by atoms with Crippen molar-refractivity contribution in [1.29, 1.82) is 0 Å². The van der Waals surface area contributed by atoms with E-state index in [2.05, 4.69) is 10.3 Å². The maximum atomic E-state index is 12.6. The predicted molar refractivity (Wildman–Crippen MR) is 102 cm³/mol. The molecule has 0 bridgehead atoms. The summed E-state index contributed by atoms with van der Waals surface area (Å²) in [5.74, 6) is 0.591. The number of hydrogen-bond acceptors (Lipinski definition) is 3. The number of nitrogens with one attached hydrogen (secondary N) is 1. The Morgan fingerprint density at radius 1 is 1.19 bits per heavy atom. The Bertz CT molecular complexity index is 1060. The van der Waals surface area contributed by atoms with Gasteiger partial charge in [0.1, 0.15) is 5.82 Å². The van der Waals surface area contributed by atoms with Crippen molar-refractivity contribution in [3.05, 3.63) is 74.8 Å². The van der Waals surface area contributed by atoms with Gasteiger partial charge in [0.05, 0.1) is 10.9 Å². The Morgan fingerprint density at radius 2 is 2.04 bits per heavy atom. The summed E-state index contributed by atoms with van der Waals surface area (Å²) in [5, 5.41) is 4.04. The number of rotatable bonds is 3. The van der Waals surface area contributed by atoms with Crippen molar-refractivity contribution in [1.82, 2.24) is 14.9 Å². The van der Waals surface area contributed by atoms with E-state index in [1.807, 2.05) is 18.2 Å². The normalized spacial score (nSPS) is 13.4. The van der Waals surface area contributed by atoms with Gasteiger partial charge in [-0.3, -0.25) is 14.2 Å². The molecule has 0 saturated carbocycles. The van der Waals surface area contributed by atoms with Gasteiger partial charge in [0.15, 0.2) is 0 Å². The third-order valence-electron chi connectivity index (χ3n) is 4.73. The number of hydrogen-bond donors (Lipinski definition) is 1. The molecule has 1 amide bonds. The summed E-state index contributed by atoms with van der Waals surface area (Å²) in [6.07, 6.45) is 2.84. The van der Waals surface area contributed by atoms with Crippen LogP contribution in [0.3, 0.4) is 0 Å². The minimum absolute atomic E-state index is 0.0206. The van der Waals surface area contributed by atoms with Crippen molar-refractivity contribution in [2.75, 3.05) is 0 Å². The Morgan fingerprint density at radius 3 is 2.88 bits per heavy atom. The minimum atomic E-state index is -0.216. The van der Waals surface area contributed by atoms with E-state index < -0.39 is 0 Å². The van der Waals surface area contributed by atoms with E-state index in [-0.39, 0.29) is 11.5 Å². The summed E-state index contributed by atoms with van der Waals surface area (Å²) in [5.41, 5.74) is 1.90. The van der Waals surface area contributed by atoms with Crippen LogP contribution in [0.4, 0.5) is 0 Å². The highest BCUT2D eigenvalue weighted by molar-refractivity contribution is 6.31. The quantitative estimate of drug-likeness (QED) is 0.772. The molecule has 5 nitrogen and oxygen atoms in total. The van der Waals surface area contributed by atoms with Crippen LogP contribution in [0.5, 0.6) is 0 Å². The summed E-state index contributed by atoms with van der Waals surface area (Å²) in [7, 11) is 0. The summed E-state index contributed by atoms with van der Waals surface area (Å²) in [4.78, 5) is 29.7. The Kier molecular flexibility index (Phi) is 4.47. The number of benzene rings is 2. The summed E-state index contributed by atoms with van der Waals surface area (Å²) in [6, 6.07) is 12.4. The Balaban J connectivity index is 1.61. The average molecular weight is 368 g/mol. The predicted octanol–water partition coefficient (Wildman–Crippen LogP) is 3.32. The Labute approximate surface area is 155 Å². The summed E-state index contributed by atoms with van der Waals surface area (Å²) < 4.78 is 1.75. The SMILES string of the molecule is O=C(NCc1ccccc1Cl)c1ccc2c(=O)n3c(nc2c1)CCCC3. The van der Waals surface area contributed by atoms with Gasteiger partial charge in [0.2, 0.25) is 0 Å². The lowest BCUT2D eigenvalue weighted by molar-refractivity contribution is 0.0951. The van der Waals surface area contributed by atoms with Crippen molar-refractivity contribution in [3.8, 4) is 0 Å². The lowest BCUT2D eigenvalue weighted by atomic mass is 10.1. The van der Waals surface area contributed by atoms with Crippen molar-refractivity contribution in [2.45, 2.75) is 32.4 Å². The molecule has 1 aromatic heterocycles. The number of carbonyl (C=O) groups excluding carboxylic acids is 1. The smallest absolute Gasteiger partial charge is 0.261 e. The molecule has 0 atom stereocenters. The van der Waals surface area contributed by atoms with Gasteiger partial charge in [-0.25, -0.2) is 4.98 Å². The third-order valence-corrected chi connectivity index (χ3v) is 5.09. The first-order chi connectivity index (χ1) is 12.6. The number of aryl methyl sites for hydroxylation is 1. The molecule has 0 saturated heterocycles. The second-order valence-electron chi connectivity index (χ2n) is 6.45. The molecule has 2 aromatic carbocycles. The van der Waals surface area contributed by atoms with Crippen molar-refractivity contribution in [2.24, 2.45) is 0 Å². The van der Waals surface area contributed by atoms with Crippen LogP contribution < -0.4 is 10.9 Å². The molecule has 0 unspecified atom stereocenters. The number of fused-ring (bicyclic) bond motifs is 2. The van der Waals surface area contributed by atoms with E-state index in [9.17, 15) is 9.59 Å². The van der Waals surface area contributed by atoms with Gasteiger partial charge in [0, 0.05) is 30.1 Å². The maximum absolute atomic E-state index is 12.6. The third kappa shape index (κ3) is 3.10. The van der Waals surface area contributed by atoms with E-state index in [0.717, 1.165) is 37.2 Å². The van der Waals surface area contributed by atoms with Gasteiger partial charge in [-0.05, 0) is 42.7 Å². The van der Waals surface area contributed by atoms with Crippen molar-refractivity contribution in [3.63, 3.8) is 0 Å². The second kappa shape index (κ2) is 6.92. The molecular formula is C20H18ClN3O2. The van der Waals surface area contributed by atoms with Gasteiger partial charge in [0.25, 0.3) is 11.5 Å². The van der Waals surface area contributed by atoms with E-state index >= 15 is 0 Å². The van der Waals surface area contributed by atoms with E-state index in [1.165, 1.54) is 0 Å². The zero-order valence-electron chi connectivity index (χ0n) is 14.2. The molecule has 0 radical (unpaired) electrons. The number of nitrogens with zero attached hydrogens (tertiary/aromatic N) is 2. The summed E-state index contributed by atoms with van der Waals surface area (Å²) in [6.45, 7) is 1.06. The highest BCUT2D eigenvalue weighted by atomic mass is 35.5. The fraction of sp³-hybridized carbons (Fsp3) is 0.250. The fourth-order valence-electron chi connectivity index (χ4n) is 3.30. The van der Waals surface area contributed by atoms with E-state index in [4.69, 9.17) is 11.6 Å². The standard InChI is InChI=1S/C20H18ClN3O2/c21-16-6-2-1-5-14(16)12-22-19(25)13-8-9-15-17(11-13)23-18-7-3-4-10-24(18)20(15)26/h1-2,5-6,8-9,11H,3-4,7,10,12H2,(H,22,25). The second-order valence-corrected chi connectivity index (χ2v) is 6.86. The molecule has 6 heteroatoms. The first-order valence-corrected chi connectivity index (χ1v) is 9.06. The lowest BCUT2D eigenvalue weighted by Gasteiger charge is -2.17. The number of halogens is 1. The largest absolute Gasteiger partial charge is 0.348 e. The molecule has 1 aliphatic heterocycles. The van der Waals surface area contributed by atoms with Gasteiger partial charge >= 0.3 is 0 Å². The number of amides is 1. The van der Waals surface area contributed by atoms with Gasteiger partial charge < -0.3 is 5.32 Å². The van der Waals surface area contributed by atoms with Crippen molar-refractivity contribution < 1.29 is 4.79 Å². The zero-order valence-corrected chi connectivity index (χ0v) is 14.9. The van der Waals surface area contributed by atoms with Gasteiger partial charge in [-0.2, -0.15) is 0 Å². The number of aromatic nitrogens is 2. The first kappa shape index (κ1) is 16.8. The Hall–Kier alpha value is -2.66. The van der Waals surface area contributed by atoms with E-state index in [1.54, 1.807) is 28.8 Å². The topological polar surface area (TPSA) is 64.0 Å². The van der Waals surface area contributed by atoms with Gasteiger partial charge in [-0.1, -0.05) is 29.8 Å². The van der Waals surface area contributed by atoms with Crippen LogP contribution in [0.15, 0.2) is 47.3 Å². The molecule has 3 aromatic rings. The average Bonchev–Trinajstić information content (AvgIpc) is 2.67. The molecule has 26 heavy (non-hydrogen) atoms. The molecule has 1 aliphatic rings. The summed E-state index contributed by atoms with van der Waals surface area (Å²) >= 11 is 6.12. The molecule has 0 fully saturated rings. The highest BCUT2D eigenvalue weighted by Gasteiger charge is 2.16. The molecular weight excluding hydrogens is 350 g/mol. The monoisotopic (exact) mass is 367 g/mol. The maximum Gasteiger partial charge on any atom is 0.261 e. The van der Waals surface area contributed by atoms with Crippen LogP contribution in [0.2, 0.25) is 5.02 Å². The lowest BCUT2D eigenvalue weighted by Crippen LogP contribution is -2.28. The van der Waals surface area contributed by atoms with E-state index in [0.29, 0.717) is 28.0 Å². The van der Waals surface area contributed by atoms with Crippen LogP contribution in [0.25, 0.3) is 10.9 Å². The van der Waals surface area contributed by atoms with Crippen LogP contribution in [-0.2, 0) is 19.5 Å².